The Balaban J connectivity index is 1.51. The van der Waals surface area contributed by atoms with Gasteiger partial charge in [0.2, 0.25) is 10.0 Å². The molecule has 1 fully saturated rings. The van der Waals surface area contributed by atoms with Crippen LogP contribution in [0.4, 0.5) is 14.6 Å². The molecule has 0 unspecified atom stereocenters. The van der Waals surface area contributed by atoms with Gasteiger partial charge in [0.15, 0.2) is 0 Å². The molecule has 3 aromatic rings. The number of hydrogen-bond donors (Lipinski definition) is 0. The molecular formula is C17H16F2N6O2S. The van der Waals surface area contributed by atoms with Crippen LogP contribution in [-0.2, 0) is 10.0 Å². The van der Waals surface area contributed by atoms with E-state index in [2.05, 4.69) is 15.0 Å². The van der Waals surface area contributed by atoms with Gasteiger partial charge in [-0.2, -0.15) is 4.31 Å². The van der Waals surface area contributed by atoms with Gasteiger partial charge in [0.1, 0.15) is 40.8 Å². The maximum Gasteiger partial charge on any atom is 0.246 e. The first kappa shape index (κ1) is 18.4. The first-order valence-corrected chi connectivity index (χ1v) is 9.90. The van der Waals surface area contributed by atoms with E-state index in [0.29, 0.717) is 30.8 Å². The van der Waals surface area contributed by atoms with Crippen LogP contribution in [0.15, 0.2) is 54.2 Å². The van der Waals surface area contributed by atoms with Crippen molar-refractivity contribution in [1.82, 2.24) is 23.8 Å². The van der Waals surface area contributed by atoms with Gasteiger partial charge in [-0.1, -0.05) is 0 Å². The molecule has 11 heteroatoms. The van der Waals surface area contributed by atoms with Gasteiger partial charge < -0.3 is 4.90 Å². The first-order valence-electron chi connectivity index (χ1n) is 8.46. The van der Waals surface area contributed by atoms with E-state index in [1.807, 2.05) is 4.90 Å². The molecule has 1 aliphatic rings. The zero-order valence-electron chi connectivity index (χ0n) is 14.6. The zero-order valence-corrected chi connectivity index (χ0v) is 15.4. The van der Waals surface area contributed by atoms with Crippen LogP contribution in [-0.4, -0.2) is 58.4 Å². The summed E-state index contributed by atoms with van der Waals surface area (Å²) in [5.74, 6) is -0.483. The summed E-state index contributed by atoms with van der Waals surface area (Å²) in [7, 11) is -4.12. The number of nitrogens with zero attached hydrogens (tertiary/aromatic N) is 6. The molecule has 0 aliphatic carbocycles. The van der Waals surface area contributed by atoms with Gasteiger partial charge in [-0.3, -0.25) is 4.57 Å². The average molecular weight is 406 g/mol. The molecule has 0 saturated carbocycles. The number of aromatic nitrogens is 4. The molecule has 4 rings (SSSR count). The SMILES string of the molecule is O=S(=O)(c1cc(F)ccc1F)N1CCN(c2cc(-n3ccnc3)ncn2)CC1. The predicted octanol–water partition coefficient (Wildman–Crippen LogP) is 1.45. The van der Waals surface area contributed by atoms with E-state index in [9.17, 15) is 17.2 Å². The molecule has 8 nitrogen and oxygen atoms in total. The van der Waals surface area contributed by atoms with Crippen molar-refractivity contribution in [3.63, 3.8) is 0 Å². The highest BCUT2D eigenvalue weighted by molar-refractivity contribution is 7.89. The molecule has 0 bridgehead atoms. The fourth-order valence-corrected chi connectivity index (χ4v) is 4.52. The van der Waals surface area contributed by atoms with Crippen molar-refractivity contribution in [3.8, 4) is 5.82 Å². The van der Waals surface area contributed by atoms with Crippen LogP contribution >= 0.6 is 0 Å². The van der Waals surface area contributed by atoms with Crippen LogP contribution in [0.2, 0.25) is 0 Å². The highest BCUT2D eigenvalue weighted by atomic mass is 32.2. The highest BCUT2D eigenvalue weighted by Crippen LogP contribution is 2.23. The number of piperazine rings is 1. The number of anilines is 1. The lowest BCUT2D eigenvalue weighted by Gasteiger charge is -2.34. The largest absolute Gasteiger partial charge is 0.354 e. The van der Waals surface area contributed by atoms with E-state index in [1.54, 1.807) is 29.4 Å². The standard InChI is InChI=1S/C17H16F2N6O2S/c18-13-1-2-14(19)15(9-13)28(26,27)25-7-5-23(6-8-25)16-10-17(22-11-21-16)24-4-3-20-12-24/h1-4,9-12H,5-8H2. The Morgan fingerprint density at radius 3 is 2.43 bits per heavy atom. The molecule has 0 radical (unpaired) electrons. The number of imidazole rings is 1. The van der Waals surface area contributed by atoms with Crippen molar-refractivity contribution in [2.75, 3.05) is 31.1 Å². The number of rotatable bonds is 4. The third-order valence-corrected chi connectivity index (χ3v) is 6.39. The summed E-state index contributed by atoms with van der Waals surface area (Å²) in [4.78, 5) is 13.7. The van der Waals surface area contributed by atoms with Crippen LogP contribution in [0.25, 0.3) is 5.82 Å². The summed E-state index contributed by atoms with van der Waals surface area (Å²) < 4.78 is 55.6. The Kier molecular flexibility index (Phi) is 4.77. The van der Waals surface area contributed by atoms with Crippen LogP contribution in [0.1, 0.15) is 0 Å². The molecule has 0 atom stereocenters. The monoisotopic (exact) mass is 406 g/mol. The zero-order chi connectivity index (χ0) is 19.7. The minimum absolute atomic E-state index is 0.128. The summed E-state index contributed by atoms with van der Waals surface area (Å²) in [6.07, 6.45) is 6.43. The third-order valence-electron chi connectivity index (χ3n) is 4.48. The predicted molar refractivity (Wildman–Crippen MR) is 96.5 cm³/mol. The van der Waals surface area contributed by atoms with Crippen molar-refractivity contribution in [2.24, 2.45) is 0 Å². The smallest absolute Gasteiger partial charge is 0.246 e. The van der Waals surface area contributed by atoms with E-state index >= 15 is 0 Å². The molecule has 0 amide bonds. The van der Waals surface area contributed by atoms with Gasteiger partial charge in [0.05, 0.1) is 0 Å². The second-order valence-corrected chi connectivity index (χ2v) is 8.08. The second-order valence-electron chi connectivity index (χ2n) is 6.17. The Bertz CT molecular complexity index is 1080. The van der Waals surface area contributed by atoms with Gasteiger partial charge >= 0.3 is 0 Å². The molecule has 1 aromatic carbocycles. The van der Waals surface area contributed by atoms with E-state index < -0.39 is 26.6 Å². The van der Waals surface area contributed by atoms with Gasteiger partial charge in [-0.05, 0) is 18.2 Å². The molecule has 1 aliphatic heterocycles. The minimum atomic E-state index is -4.12. The van der Waals surface area contributed by atoms with Crippen molar-refractivity contribution < 1.29 is 17.2 Å². The molecule has 28 heavy (non-hydrogen) atoms. The summed E-state index contributed by atoms with van der Waals surface area (Å²) in [6, 6.07) is 4.19. The van der Waals surface area contributed by atoms with Crippen molar-refractivity contribution >= 4 is 15.8 Å². The summed E-state index contributed by atoms with van der Waals surface area (Å²) in [5.41, 5.74) is 0. The van der Waals surface area contributed by atoms with Crippen molar-refractivity contribution in [2.45, 2.75) is 4.90 Å². The van der Waals surface area contributed by atoms with Crippen LogP contribution in [0.3, 0.4) is 0 Å². The molecule has 0 spiro atoms. The first-order chi connectivity index (χ1) is 13.4. The quantitative estimate of drug-likeness (QED) is 0.652. The molecule has 1 saturated heterocycles. The normalized spacial score (nSPS) is 15.7. The topological polar surface area (TPSA) is 84.2 Å². The Morgan fingerprint density at radius 1 is 0.964 bits per heavy atom. The minimum Gasteiger partial charge on any atom is -0.354 e. The average Bonchev–Trinajstić information content (AvgIpc) is 3.25. The summed E-state index contributed by atoms with van der Waals surface area (Å²) in [5, 5.41) is 0. The Labute approximate surface area is 160 Å². The summed E-state index contributed by atoms with van der Waals surface area (Å²) in [6.45, 7) is 0.971. The number of hydrogen-bond acceptors (Lipinski definition) is 6. The van der Waals surface area contributed by atoms with E-state index in [1.165, 1.54) is 6.33 Å². The number of benzene rings is 1. The lowest BCUT2D eigenvalue weighted by atomic mass is 10.3. The van der Waals surface area contributed by atoms with Crippen LogP contribution in [0.5, 0.6) is 0 Å². The number of sulfonamides is 1. The Hall–Kier alpha value is -2.92. The van der Waals surface area contributed by atoms with E-state index in [-0.39, 0.29) is 13.1 Å². The second kappa shape index (κ2) is 7.24. The van der Waals surface area contributed by atoms with Crippen molar-refractivity contribution in [1.29, 1.82) is 0 Å². The highest BCUT2D eigenvalue weighted by Gasteiger charge is 2.31. The lowest BCUT2D eigenvalue weighted by Crippen LogP contribution is -2.49. The van der Waals surface area contributed by atoms with Crippen LogP contribution in [0, 0.1) is 11.6 Å². The molecule has 0 N–H and O–H groups in total. The van der Waals surface area contributed by atoms with Gasteiger partial charge in [0, 0.05) is 44.6 Å². The molecular weight excluding hydrogens is 390 g/mol. The molecule has 3 heterocycles. The van der Waals surface area contributed by atoms with Gasteiger partial charge in [0.25, 0.3) is 0 Å². The van der Waals surface area contributed by atoms with Crippen LogP contribution < -0.4 is 4.90 Å². The lowest BCUT2D eigenvalue weighted by molar-refractivity contribution is 0.381. The maximum absolute atomic E-state index is 13.9. The van der Waals surface area contributed by atoms with Gasteiger partial charge in [-0.25, -0.2) is 32.2 Å². The fourth-order valence-electron chi connectivity index (χ4n) is 3.02. The molecule has 2 aromatic heterocycles. The maximum atomic E-state index is 13.9. The molecule has 146 valence electrons. The van der Waals surface area contributed by atoms with E-state index in [0.717, 1.165) is 16.4 Å². The number of halogens is 2. The van der Waals surface area contributed by atoms with Crippen molar-refractivity contribution in [3.05, 3.63) is 60.9 Å². The van der Waals surface area contributed by atoms with E-state index in [4.69, 9.17) is 0 Å². The summed E-state index contributed by atoms with van der Waals surface area (Å²) >= 11 is 0. The van der Waals surface area contributed by atoms with Gasteiger partial charge in [-0.15, -0.1) is 0 Å². The fraction of sp³-hybridized carbons (Fsp3) is 0.235. The Morgan fingerprint density at radius 2 is 1.71 bits per heavy atom. The third kappa shape index (κ3) is 3.45.